The molecule has 2 N–H and O–H groups in total. The van der Waals surface area contributed by atoms with Gasteiger partial charge in [-0.05, 0) is 25.0 Å². The zero-order chi connectivity index (χ0) is 17.2. The van der Waals surface area contributed by atoms with E-state index < -0.39 is 0 Å². The Morgan fingerprint density at radius 1 is 1.16 bits per heavy atom. The Morgan fingerprint density at radius 2 is 2.08 bits per heavy atom. The van der Waals surface area contributed by atoms with Crippen molar-refractivity contribution in [1.82, 2.24) is 19.4 Å². The van der Waals surface area contributed by atoms with E-state index >= 15 is 0 Å². The molecule has 0 aromatic carbocycles. The summed E-state index contributed by atoms with van der Waals surface area (Å²) in [6, 6.07) is 8.14. The standard InChI is InChI=1S/C18H23N7/c1-19-15-10-17(23-18(20-2)22-15)24-8-5-6-13(12-24)14-11-21-16-7-3-4-9-25(14)16/h3-4,7,9-11,13H,5-6,8,12H2,1-2H3,(H2,19,20,22,23)/t13-/m1/s1. The van der Waals surface area contributed by atoms with E-state index in [1.165, 1.54) is 12.1 Å². The third-order valence-electron chi connectivity index (χ3n) is 4.80. The van der Waals surface area contributed by atoms with Crippen LogP contribution in [0.1, 0.15) is 24.5 Å². The largest absolute Gasteiger partial charge is 0.373 e. The van der Waals surface area contributed by atoms with E-state index in [-0.39, 0.29) is 0 Å². The van der Waals surface area contributed by atoms with Gasteiger partial charge in [-0.25, -0.2) is 4.98 Å². The molecule has 0 bridgehead atoms. The van der Waals surface area contributed by atoms with Gasteiger partial charge in [-0.2, -0.15) is 9.97 Å². The maximum absolute atomic E-state index is 4.64. The highest BCUT2D eigenvalue weighted by Gasteiger charge is 2.25. The first-order valence-electron chi connectivity index (χ1n) is 8.70. The number of pyridine rings is 1. The van der Waals surface area contributed by atoms with E-state index in [1.807, 2.05) is 38.5 Å². The zero-order valence-corrected chi connectivity index (χ0v) is 14.6. The van der Waals surface area contributed by atoms with Gasteiger partial charge in [-0.15, -0.1) is 0 Å². The molecule has 3 aromatic heterocycles. The highest BCUT2D eigenvalue weighted by Crippen LogP contribution is 2.30. The number of hydrogen-bond acceptors (Lipinski definition) is 6. The molecule has 0 aliphatic carbocycles. The molecule has 4 heterocycles. The third kappa shape index (κ3) is 2.97. The number of nitrogens with zero attached hydrogens (tertiary/aromatic N) is 5. The first-order chi connectivity index (χ1) is 12.3. The Balaban J connectivity index is 1.63. The van der Waals surface area contributed by atoms with Crippen LogP contribution in [0.15, 0.2) is 36.7 Å². The fourth-order valence-electron chi connectivity index (χ4n) is 3.52. The van der Waals surface area contributed by atoms with Crippen LogP contribution in [0.4, 0.5) is 17.6 Å². The van der Waals surface area contributed by atoms with Crippen molar-refractivity contribution < 1.29 is 0 Å². The van der Waals surface area contributed by atoms with Crippen molar-refractivity contribution in [3.05, 3.63) is 42.4 Å². The molecule has 25 heavy (non-hydrogen) atoms. The fraction of sp³-hybridized carbons (Fsp3) is 0.389. The topological polar surface area (TPSA) is 70.4 Å². The maximum Gasteiger partial charge on any atom is 0.226 e. The highest BCUT2D eigenvalue weighted by atomic mass is 15.2. The summed E-state index contributed by atoms with van der Waals surface area (Å²) in [6.07, 6.45) is 6.42. The van der Waals surface area contributed by atoms with Gasteiger partial charge in [0.05, 0.1) is 0 Å². The fourth-order valence-corrected chi connectivity index (χ4v) is 3.52. The zero-order valence-electron chi connectivity index (χ0n) is 14.6. The summed E-state index contributed by atoms with van der Waals surface area (Å²) in [5, 5.41) is 6.15. The number of fused-ring (bicyclic) bond motifs is 1. The summed E-state index contributed by atoms with van der Waals surface area (Å²) < 4.78 is 2.20. The van der Waals surface area contributed by atoms with Crippen LogP contribution in [0.2, 0.25) is 0 Å². The quantitative estimate of drug-likeness (QED) is 0.762. The van der Waals surface area contributed by atoms with Gasteiger partial charge < -0.3 is 19.9 Å². The van der Waals surface area contributed by atoms with Crippen molar-refractivity contribution in [2.45, 2.75) is 18.8 Å². The number of aromatic nitrogens is 4. The molecule has 3 aromatic rings. The van der Waals surface area contributed by atoms with Crippen molar-refractivity contribution in [1.29, 1.82) is 0 Å². The lowest BCUT2D eigenvalue weighted by atomic mass is 9.95. The Labute approximate surface area is 147 Å². The van der Waals surface area contributed by atoms with Crippen LogP contribution in [0.3, 0.4) is 0 Å². The molecular formula is C18H23N7. The van der Waals surface area contributed by atoms with E-state index in [2.05, 4.69) is 47.1 Å². The van der Waals surface area contributed by atoms with Gasteiger partial charge >= 0.3 is 0 Å². The van der Waals surface area contributed by atoms with E-state index in [0.717, 1.165) is 36.8 Å². The van der Waals surface area contributed by atoms with Crippen LogP contribution in [0.5, 0.6) is 0 Å². The van der Waals surface area contributed by atoms with E-state index in [4.69, 9.17) is 0 Å². The maximum atomic E-state index is 4.64. The van der Waals surface area contributed by atoms with Gasteiger partial charge in [0.25, 0.3) is 0 Å². The number of piperidine rings is 1. The third-order valence-corrected chi connectivity index (χ3v) is 4.80. The minimum atomic E-state index is 0.442. The lowest BCUT2D eigenvalue weighted by molar-refractivity contribution is 0.496. The van der Waals surface area contributed by atoms with Crippen LogP contribution in [0, 0.1) is 0 Å². The Hall–Kier alpha value is -2.83. The minimum Gasteiger partial charge on any atom is -0.373 e. The predicted octanol–water partition coefficient (Wildman–Crippen LogP) is 2.59. The highest BCUT2D eigenvalue weighted by molar-refractivity contribution is 5.54. The van der Waals surface area contributed by atoms with E-state index in [9.17, 15) is 0 Å². The van der Waals surface area contributed by atoms with Crippen molar-refractivity contribution in [2.75, 3.05) is 42.7 Å². The second kappa shape index (κ2) is 6.58. The molecule has 7 nitrogen and oxygen atoms in total. The Morgan fingerprint density at radius 3 is 2.92 bits per heavy atom. The second-order valence-electron chi connectivity index (χ2n) is 6.33. The van der Waals surface area contributed by atoms with Crippen molar-refractivity contribution in [2.24, 2.45) is 0 Å². The number of anilines is 3. The molecular weight excluding hydrogens is 314 g/mol. The van der Waals surface area contributed by atoms with E-state index in [0.29, 0.717) is 11.9 Å². The predicted molar refractivity (Wildman–Crippen MR) is 101 cm³/mol. The molecule has 1 fully saturated rings. The summed E-state index contributed by atoms with van der Waals surface area (Å²) in [5.74, 6) is 2.87. The molecule has 130 valence electrons. The normalized spacial score (nSPS) is 17.7. The van der Waals surface area contributed by atoms with E-state index in [1.54, 1.807) is 0 Å². The molecule has 1 saturated heterocycles. The van der Waals surface area contributed by atoms with Gasteiger partial charge in [0.1, 0.15) is 17.3 Å². The lowest BCUT2D eigenvalue weighted by Crippen LogP contribution is -2.35. The minimum absolute atomic E-state index is 0.442. The number of imidazole rings is 1. The molecule has 1 aliphatic rings. The van der Waals surface area contributed by atoms with Gasteiger partial charge in [0, 0.05) is 57.3 Å². The first-order valence-corrected chi connectivity index (χ1v) is 8.70. The summed E-state index contributed by atoms with van der Waals surface area (Å²) in [4.78, 5) is 15.9. The van der Waals surface area contributed by atoms with Crippen molar-refractivity contribution in [3.63, 3.8) is 0 Å². The molecule has 1 atom stereocenters. The number of nitrogens with one attached hydrogen (secondary N) is 2. The number of rotatable bonds is 4. The van der Waals surface area contributed by atoms with Crippen molar-refractivity contribution in [3.8, 4) is 0 Å². The average Bonchev–Trinajstić information content (AvgIpc) is 3.12. The van der Waals surface area contributed by atoms with Gasteiger partial charge in [0.2, 0.25) is 5.95 Å². The molecule has 7 heteroatoms. The molecule has 0 radical (unpaired) electrons. The van der Waals surface area contributed by atoms with Crippen LogP contribution < -0.4 is 15.5 Å². The molecule has 4 rings (SSSR count). The molecule has 0 saturated carbocycles. The SMILES string of the molecule is CNc1cc(N2CCC[C@@H](c3cnc4ccccn34)C2)nc(NC)n1. The summed E-state index contributed by atoms with van der Waals surface area (Å²) in [7, 11) is 3.72. The summed E-state index contributed by atoms with van der Waals surface area (Å²) >= 11 is 0. The lowest BCUT2D eigenvalue weighted by Gasteiger charge is -2.33. The van der Waals surface area contributed by atoms with Crippen LogP contribution >= 0.6 is 0 Å². The van der Waals surface area contributed by atoms with Crippen LogP contribution in [0.25, 0.3) is 5.65 Å². The summed E-state index contributed by atoms with van der Waals surface area (Å²) in [5.41, 5.74) is 2.28. The first kappa shape index (κ1) is 15.7. The monoisotopic (exact) mass is 337 g/mol. The second-order valence-corrected chi connectivity index (χ2v) is 6.33. The van der Waals surface area contributed by atoms with Gasteiger partial charge in [0.15, 0.2) is 0 Å². The molecule has 1 aliphatic heterocycles. The van der Waals surface area contributed by atoms with Crippen LogP contribution in [-0.4, -0.2) is 46.5 Å². The smallest absolute Gasteiger partial charge is 0.226 e. The number of hydrogen-bond donors (Lipinski definition) is 2. The Kier molecular flexibility index (Phi) is 4.13. The molecule has 0 unspecified atom stereocenters. The van der Waals surface area contributed by atoms with Crippen molar-refractivity contribution >= 4 is 23.2 Å². The average molecular weight is 337 g/mol. The molecule has 0 amide bonds. The van der Waals surface area contributed by atoms with Gasteiger partial charge in [-0.3, -0.25) is 0 Å². The van der Waals surface area contributed by atoms with Gasteiger partial charge in [-0.1, -0.05) is 6.07 Å². The Bertz CT molecular complexity index is 850. The molecule has 0 spiro atoms. The van der Waals surface area contributed by atoms with Crippen LogP contribution in [-0.2, 0) is 0 Å². The summed E-state index contributed by atoms with van der Waals surface area (Å²) in [6.45, 7) is 1.95.